The quantitative estimate of drug-likeness (QED) is 0.678. The van der Waals surface area contributed by atoms with Crippen molar-refractivity contribution in [2.45, 2.75) is 45.8 Å². The second-order valence-corrected chi connectivity index (χ2v) is 4.64. The summed E-state index contributed by atoms with van der Waals surface area (Å²) in [6.07, 6.45) is 1.04. The van der Waals surface area contributed by atoms with Gasteiger partial charge in [0.2, 0.25) is 0 Å². The minimum Gasteiger partial charge on any atom is -0.480 e. The van der Waals surface area contributed by atoms with Gasteiger partial charge >= 0.3 is 5.97 Å². The van der Waals surface area contributed by atoms with Crippen LogP contribution in [0.3, 0.4) is 0 Å². The highest BCUT2D eigenvalue weighted by atomic mass is 16.5. The van der Waals surface area contributed by atoms with Gasteiger partial charge in [-0.3, -0.25) is 4.79 Å². The normalized spacial score (nSPS) is 17.5. The maximum atomic E-state index is 10.9. The summed E-state index contributed by atoms with van der Waals surface area (Å²) in [5.41, 5.74) is -0.995. The predicted molar refractivity (Wildman–Crippen MR) is 60.0 cm³/mol. The highest BCUT2D eigenvalue weighted by Gasteiger charge is 2.32. The Morgan fingerprint density at radius 2 is 2.00 bits per heavy atom. The molecule has 0 amide bonds. The first-order valence-corrected chi connectivity index (χ1v) is 5.35. The van der Waals surface area contributed by atoms with Crippen LogP contribution in [0.4, 0.5) is 0 Å². The van der Waals surface area contributed by atoms with Gasteiger partial charge in [-0.05, 0) is 33.2 Å². The summed E-state index contributed by atoms with van der Waals surface area (Å²) < 4.78 is 5.53. The number of carbonyl (C=O) groups is 1. The largest absolute Gasteiger partial charge is 0.480 e. The molecule has 0 aliphatic rings. The summed E-state index contributed by atoms with van der Waals surface area (Å²) in [5.74, 6) is -0.326. The number of ether oxygens (including phenoxy) is 1. The molecule has 90 valence electrons. The lowest BCUT2D eigenvalue weighted by Gasteiger charge is -2.26. The zero-order chi connectivity index (χ0) is 12.1. The number of carboxylic acids is 1. The summed E-state index contributed by atoms with van der Waals surface area (Å²) in [7, 11) is 1.63. The van der Waals surface area contributed by atoms with Gasteiger partial charge in [-0.25, -0.2) is 0 Å². The van der Waals surface area contributed by atoms with E-state index >= 15 is 0 Å². The van der Waals surface area contributed by atoms with E-state index in [-0.39, 0.29) is 12.7 Å². The Kier molecular flexibility index (Phi) is 5.83. The fraction of sp³-hybridized carbons (Fsp3) is 0.909. The van der Waals surface area contributed by atoms with Crippen LogP contribution in [-0.2, 0) is 9.53 Å². The molecule has 4 heteroatoms. The summed E-state index contributed by atoms with van der Waals surface area (Å²) in [4.78, 5) is 10.9. The Bertz CT molecular complexity index is 206. The van der Waals surface area contributed by atoms with E-state index in [9.17, 15) is 4.79 Å². The molecule has 0 aromatic rings. The van der Waals surface area contributed by atoms with Crippen molar-refractivity contribution in [3.63, 3.8) is 0 Å². The molecule has 0 heterocycles. The van der Waals surface area contributed by atoms with Crippen LogP contribution in [0.2, 0.25) is 0 Å². The van der Waals surface area contributed by atoms with Crippen molar-refractivity contribution in [3.05, 3.63) is 0 Å². The van der Waals surface area contributed by atoms with Crippen molar-refractivity contribution in [3.8, 4) is 0 Å². The van der Waals surface area contributed by atoms with E-state index in [1.54, 1.807) is 14.0 Å². The molecule has 0 radical (unpaired) electrons. The number of carboxylic acid groups (broad SMARTS) is 1. The third-order valence-electron chi connectivity index (χ3n) is 2.48. The maximum Gasteiger partial charge on any atom is 0.326 e. The van der Waals surface area contributed by atoms with E-state index < -0.39 is 11.5 Å². The first-order chi connectivity index (χ1) is 6.81. The lowest BCUT2D eigenvalue weighted by Crippen LogP contribution is -2.51. The van der Waals surface area contributed by atoms with Crippen LogP contribution in [0, 0.1) is 5.92 Å². The zero-order valence-electron chi connectivity index (χ0n) is 10.3. The molecule has 2 unspecified atom stereocenters. The molecule has 0 aliphatic carbocycles. The summed E-state index contributed by atoms with van der Waals surface area (Å²) >= 11 is 0. The van der Waals surface area contributed by atoms with Crippen LogP contribution in [0.5, 0.6) is 0 Å². The van der Waals surface area contributed by atoms with Gasteiger partial charge in [0.25, 0.3) is 0 Å². The van der Waals surface area contributed by atoms with E-state index in [1.807, 2.05) is 6.92 Å². The SMILES string of the molecule is CNC(C)(COC(C)CC(C)C)C(=O)O. The molecule has 0 saturated carbocycles. The molecule has 0 aliphatic heterocycles. The minimum absolute atomic E-state index is 0.0945. The Labute approximate surface area is 92.0 Å². The zero-order valence-corrected chi connectivity index (χ0v) is 10.3. The van der Waals surface area contributed by atoms with Crippen molar-refractivity contribution in [1.82, 2.24) is 5.32 Å². The van der Waals surface area contributed by atoms with Crippen molar-refractivity contribution in [1.29, 1.82) is 0 Å². The van der Waals surface area contributed by atoms with E-state index in [0.717, 1.165) is 6.42 Å². The Balaban J connectivity index is 4.06. The highest BCUT2D eigenvalue weighted by molar-refractivity contribution is 5.78. The number of likely N-dealkylation sites (N-methyl/N-ethyl adjacent to an activating group) is 1. The fourth-order valence-electron chi connectivity index (χ4n) is 1.28. The number of hydrogen-bond acceptors (Lipinski definition) is 3. The van der Waals surface area contributed by atoms with Gasteiger partial charge in [-0.15, -0.1) is 0 Å². The topological polar surface area (TPSA) is 58.6 Å². The fourth-order valence-corrected chi connectivity index (χ4v) is 1.28. The van der Waals surface area contributed by atoms with E-state index in [2.05, 4.69) is 19.2 Å². The van der Waals surface area contributed by atoms with Gasteiger partial charge in [0.05, 0.1) is 12.7 Å². The second kappa shape index (κ2) is 6.08. The Morgan fingerprint density at radius 3 is 2.33 bits per heavy atom. The van der Waals surface area contributed by atoms with Crippen LogP contribution in [-0.4, -0.2) is 36.4 Å². The molecule has 0 bridgehead atoms. The van der Waals surface area contributed by atoms with Gasteiger partial charge < -0.3 is 15.2 Å². The van der Waals surface area contributed by atoms with E-state index in [0.29, 0.717) is 5.92 Å². The molecule has 0 spiro atoms. The lowest BCUT2D eigenvalue weighted by molar-refractivity contribution is -0.147. The molecule has 4 nitrogen and oxygen atoms in total. The van der Waals surface area contributed by atoms with Crippen molar-refractivity contribution >= 4 is 5.97 Å². The average Bonchev–Trinajstić information content (AvgIpc) is 2.12. The molecular formula is C11H23NO3. The van der Waals surface area contributed by atoms with Gasteiger partial charge in [-0.2, -0.15) is 0 Å². The van der Waals surface area contributed by atoms with Crippen LogP contribution in [0.1, 0.15) is 34.1 Å². The van der Waals surface area contributed by atoms with Crippen LogP contribution in [0.25, 0.3) is 0 Å². The Hall–Kier alpha value is -0.610. The number of hydrogen-bond donors (Lipinski definition) is 2. The van der Waals surface area contributed by atoms with Gasteiger partial charge in [0.1, 0.15) is 5.54 Å². The molecule has 0 saturated heterocycles. The van der Waals surface area contributed by atoms with Crippen LogP contribution < -0.4 is 5.32 Å². The minimum atomic E-state index is -0.995. The molecular weight excluding hydrogens is 194 g/mol. The van der Waals surface area contributed by atoms with Crippen LogP contribution in [0.15, 0.2) is 0 Å². The van der Waals surface area contributed by atoms with Crippen LogP contribution >= 0.6 is 0 Å². The first kappa shape index (κ1) is 14.4. The lowest BCUT2D eigenvalue weighted by atomic mass is 10.0. The third kappa shape index (κ3) is 5.14. The molecule has 0 aromatic heterocycles. The van der Waals surface area contributed by atoms with Gasteiger partial charge in [0.15, 0.2) is 0 Å². The molecule has 0 rings (SSSR count). The van der Waals surface area contributed by atoms with Gasteiger partial charge in [-0.1, -0.05) is 13.8 Å². The van der Waals surface area contributed by atoms with Crippen molar-refractivity contribution < 1.29 is 14.6 Å². The monoisotopic (exact) mass is 217 g/mol. The standard InChI is InChI=1S/C11H23NO3/c1-8(2)6-9(3)15-7-11(4,12-5)10(13)14/h8-9,12H,6-7H2,1-5H3,(H,13,14). The number of aliphatic carboxylic acids is 1. The van der Waals surface area contributed by atoms with Crippen molar-refractivity contribution in [2.75, 3.05) is 13.7 Å². The predicted octanol–water partition coefficient (Wildman–Crippen LogP) is 1.50. The maximum absolute atomic E-state index is 10.9. The Morgan fingerprint density at radius 1 is 1.47 bits per heavy atom. The van der Waals surface area contributed by atoms with Crippen molar-refractivity contribution in [2.24, 2.45) is 5.92 Å². The molecule has 0 fully saturated rings. The molecule has 15 heavy (non-hydrogen) atoms. The molecule has 0 aromatic carbocycles. The van der Waals surface area contributed by atoms with E-state index in [4.69, 9.17) is 9.84 Å². The second-order valence-electron chi connectivity index (χ2n) is 4.64. The highest BCUT2D eigenvalue weighted by Crippen LogP contribution is 2.11. The average molecular weight is 217 g/mol. The smallest absolute Gasteiger partial charge is 0.326 e. The van der Waals surface area contributed by atoms with E-state index in [1.165, 1.54) is 0 Å². The number of rotatable bonds is 7. The molecule has 2 N–H and O–H groups in total. The van der Waals surface area contributed by atoms with Gasteiger partial charge in [0, 0.05) is 0 Å². The summed E-state index contributed by atoms with van der Waals surface area (Å²) in [6, 6.07) is 0. The number of nitrogens with one attached hydrogen (secondary N) is 1. The summed E-state index contributed by atoms with van der Waals surface area (Å²) in [6.45, 7) is 8.02. The molecule has 2 atom stereocenters. The third-order valence-corrected chi connectivity index (χ3v) is 2.48. The summed E-state index contributed by atoms with van der Waals surface area (Å²) in [5, 5.41) is 11.7. The first-order valence-electron chi connectivity index (χ1n) is 5.35.